The molecule has 2 aromatic heterocycles. The molecule has 2 aliphatic rings. The number of likely N-dealkylation sites (N-methyl/N-ethyl adjacent to an activating group) is 1. The van der Waals surface area contributed by atoms with E-state index in [-0.39, 0.29) is 18.0 Å². The highest BCUT2D eigenvalue weighted by Crippen LogP contribution is 2.33. The van der Waals surface area contributed by atoms with Crippen LogP contribution in [0.1, 0.15) is 37.2 Å². The van der Waals surface area contributed by atoms with E-state index in [0.717, 1.165) is 67.7 Å². The maximum atomic E-state index is 14.1. The van der Waals surface area contributed by atoms with Crippen molar-refractivity contribution in [3.05, 3.63) is 66.5 Å². The van der Waals surface area contributed by atoms with Crippen molar-refractivity contribution in [1.82, 2.24) is 24.7 Å². The molecule has 14 heteroatoms. The Morgan fingerprint density at radius 2 is 1.77 bits per heavy atom. The highest BCUT2D eigenvalue weighted by atomic mass is 19.4. The highest BCUT2D eigenvalue weighted by Gasteiger charge is 2.38. The number of halogens is 3. The van der Waals surface area contributed by atoms with Gasteiger partial charge in [-0.3, -0.25) is 9.69 Å². The van der Waals surface area contributed by atoms with Crippen molar-refractivity contribution in [2.45, 2.75) is 43.8 Å². The van der Waals surface area contributed by atoms with Gasteiger partial charge in [0.25, 0.3) is 0 Å². The number of nitrogens with zero attached hydrogens (tertiary/aromatic N) is 5. The molecule has 3 amide bonds. The molecule has 2 fully saturated rings. The number of piperidine rings is 2. The van der Waals surface area contributed by atoms with Gasteiger partial charge in [-0.1, -0.05) is 18.2 Å². The van der Waals surface area contributed by atoms with Gasteiger partial charge in [0, 0.05) is 62.8 Å². The molecule has 254 valence electrons. The fourth-order valence-electron chi connectivity index (χ4n) is 5.82. The molecule has 2 saturated heterocycles. The number of carboxylic acid groups (broad SMARTS) is 1. The Bertz CT molecular complexity index is 1540. The predicted molar refractivity (Wildman–Crippen MR) is 174 cm³/mol. The Balaban J connectivity index is 0.000000644. The molecule has 0 radical (unpaired) electrons. The summed E-state index contributed by atoms with van der Waals surface area (Å²) in [5, 5.41) is 14.6. The van der Waals surface area contributed by atoms with E-state index in [2.05, 4.69) is 33.4 Å². The zero-order valence-corrected chi connectivity index (χ0v) is 26.8. The average Bonchev–Trinajstić information content (AvgIpc) is 3.43. The molecule has 1 aromatic carbocycles. The first-order valence-electron chi connectivity index (χ1n) is 15.6. The van der Waals surface area contributed by atoms with E-state index in [0.29, 0.717) is 19.0 Å². The minimum Gasteiger partial charge on any atom is -0.475 e. The van der Waals surface area contributed by atoms with Gasteiger partial charge in [0.05, 0.1) is 11.6 Å². The lowest BCUT2D eigenvalue weighted by molar-refractivity contribution is -0.192. The van der Waals surface area contributed by atoms with E-state index >= 15 is 0 Å². The zero-order valence-electron chi connectivity index (χ0n) is 26.8. The minimum absolute atomic E-state index is 0.0498. The van der Waals surface area contributed by atoms with Crippen molar-refractivity contribution in [3.63, 3.8) is 0 Å². The molecule has 0 spiro atoms. The van der Waals surface area contributed by atoms with E-state index in [9.17, 15) is 22.8 Å². The number of pyridine rings is 1. The van der Waals surface area contributed by atoms with Crippen LogP contribution in [0.15, 0.2) is 60.9 Å². The number of carboxylic acids is 1. The monoisotopic (exact) mass is 657 g/mol. The van der Waals surface area contributed by atoms with Gasteiger partial charge in [-0.25, -0.2) is 14.6 Å². The summed E-state index contributed by atoms with van der Waals surface area (Å²) in [5.41, 5.74) is 3.03. The number of hydrogen-bond donors (Lipinski definition) is 3. The summed E-state index contributed by atoms with van der Waals surface area (Å²) in [6.07, 6.45) is 6.00. The number of aliphatic carboxylic acids is 1. The standard InChI is InChI=1S/C31H41N7O2.C2HF3O2/c1-35(2)18-5-7-28(39)34-26-10-8-23(9-11-26)24-14-20-37(21-15-24)31(40)38(27-6-4-16-32-22-27)30-29-25(12-17-33-30)13-19-36(29)3;3-2(4,5)1(6)7/h5,7-13,17,19,24,27,32H,4,6,14-16,18,20-22H2,1-3H3,(H,34,39);(H,6,7)/b7-5+;/t27-;/m0./s1. The number of anilines is 2. The number of aryl methyl sites for hydroxylation is 1. The Hall–Kier alpha value is -4.43. The second kappa shape index (κ2) is 15.9. The first kappa shape index (κ1) is 35.4. The van der Waals surface area contributed by atoms with E-state index in [1.165, 1.54) is 5.56 Å². The molecule has 0 aliphatic carbocycles. The third-order valence-electron chi connectivity index (χ3n) is 8.23. The molecule has 0 saturated carbocycles. The number of likely N-dealkylation sites (tertiary alicyclic amines) is 1. The largest absolute Gasteiger partial charge is 0.490 e. The molecular formula is C33H42F3N7O4. The fraction of sp³-hybridized carbons (Fsp3) is 0.455. The number of carbonyl (C=O) groups excluding carboxylic acids is 2. The van der Waals surface area contributed by atoms with Gasteiger partial charge in [0.2, 0.25) is 5.91 Å². The number of rotatable bonds is 7. The topological polar surface area (TPSA) is 123 Å². The maximum absolute atomic E-state index is 14.1. The number of nitrogens with one attached hydrogen (secondary N) is 2. The highest BCUT2D eigenvalue weighted by molar-refractivity contribution is 6.01. The first-order valence-corrected chi connectivity index (χ1v) is 15.6. The van der Waals surface area contributed by atoms with Gasteiger partial charge in [0.15, 0.2) is 5.82 Å². The number of amides is 3. The van der Waals surface area contributed by atoms with Crippen molar-refractivity contribution >= 4 is 40.3 Å². The van der Waals surface area contributed by atoms with Crippen LogP contribution in [0, 0.1) is 0 Å². The smallest absolute Gasteiger partial charge is 0.475 e. The van der Waals surface area contributed by atoms with Gasteiger partial charge in [-0.05, 0) is 82.1 Å². The van der Waals surface area contributed by atoms with Gasteiger partial charge in [0.1, 0.15) is 0 Å². The molecule has 3 N–H and O–H groups in total. The summed E-state index contributed by atoms with van der Waals surface area (Å²) < 4.78 is 33.8. The van der Waals surface area contributed by atoms with Crippen molar-refractivity contribution < 1.29 is 32.7 Å². The molecule has 0 bridgehead atoms. The molecule has 3 aromatic rings. The molecule has 4 heterocycles. The Morgan fingerprint density at radius 1 is 1.09 bits per heavy atom. The van der Waals surface area contributed by atoms with Gasteiger partial charge in [-0.2, -0.15) is 13.2 Å². The van der Waals surface area contributed by atoms with E-state index in [1.54, 1.807) is 6.08 Å². The lowest BCUT2D eigenvalue weighted by atomic mass is 9.89. The van der Waals surface area contributed by atoms with Crippen LogP contribution in [-0.2, 0) is 16.6 Å². The molecule has 5 rings (SSSR count). The third kappa shape index (κ3) is 9.55. The van der Waals surface area contributed by atoms with Crippen LogP contribution in [0.5, 0.6) is 0 Å². The first-order chi connectivity index (χ1) is 22.3. The van der Waals surface area contributed by atoms with Gasteiger partial charge >= 0.3 is 18.2 Å². The van der Waals surface area contributed by atoms with Crippen LogP contribution in [0.2, 0.25) is 0 Å². The lowest BCUT2D eigenvalue weighted by Crippen LogP contribution is -2.55. The van der Waals surface area contributed by atoms with Gasteiger partial charge in [-0.15, -0.1) is 0 Å². The lowest BCUT2D eigenvalue weighted by Gasteiger charge is -2.40. The van der Waals surface area contributed by atoms with Gasteiger partial charge < -0.3 is 30.1 Å². The second-order valence-corrected chi connectivity index (χ2v) is 12.0. The van der Waals surface area contributed by atoms with Crippen LogP contribution in [0.4, 0.5) is 29.5 Å². The van der Waals surface area contributed by atoms with Crippen molar-refractivity contribution in [3.8, 4) is 0 Å². The number of fused-ring (bicyclic) bond motifs is 1. The summed E-state index contributed by atoms with van der Waals surface area (Å²) in [7, 11) is 5.95. The molecule has 47 heavy (non-hydrogen) atoms. The Labute approximate surface area is 272 Å². The predicted octanol–water partition coefficient (Wildman–Crippen LogP) is 4.82. The number of carbonyl (C=O) groups is 3. The average molecular weight is 658 g/mol. The van der Waals surface area contributed by atoms with Crippen molar-refractivity contribution in [2.24, 2.45) is 7.05 Å². The quantitative estimate of drug-likeness (QED) is 0.312. The Kier molecular flexibility index (Phi) is 12.0. The molecular weight excluding hydrogens is 615 g/mol. The van der Waals surface area contributed by atoms with E-state index in [4.69, 9.17) is 14.9 Å². The SMILES string of the molecule is CN(C)C/C=C/C(=O)Nc1ccc(C2CCN(C(=O)N(c3nccc4ccn(C)c34)[C@H]3CCCNC3)CC2)cc1.O=C(O)C(F)(F)F. The normalized spacial score (nSPS) is 17.4. The number of benzene rings is 1. The summed E-state index contributed by atoms with van der Waals surface area (Å²) in [5.74, 6) is -1.75. The fourth-order valence-corrected chi connectivity index (χ4v) is 5.82. The summed E-state index contributed by atoms with van der Waals surface area (Å²) >= 11 is 0. The number of aromatic nitrogens is 2. The third-order valence-corrected chi connectivity index (χ3v) is 8.23. The molecule has 1 atom stereocenters. The van der Waals surface area contributed by atoms with Crippen molar-refractivity contribution in [1.29, 1.82) is 0 Å². The number of hydrogen-bond acceptors (Lipinski definition) is 6. The summed E-state index contributed by atoms with van der Waals surface area (Å²) in [6, 6.07) is 12.3. The maximum Gasteiger partial charge on any atom is 0.490 e. The zero-order chi connectivity index (χ0) is 34.1. The molecule has 0 unspecified atom stereocenters. The van der Waals surface area contributed by atoms with Crippen LogP contribution >= 0.6 is 0 Å². The van der Waals surface area contributed by atoms with Crippen LogP contribution in [0.3, 0.4) is 0 Å². The minimum atomic E-state index is -5.08. The second-order valence-electron chi connectivity index (χ2n) is 12.0. The molecule has 2 aliphatic heterocycles. The van der Waals surface area contributed by atoms with E-state index < -0.39 is 12.1 Å². The Morgan fingerprint density at radius 3 is 2.36 bits per heavy atom. The van der Waals surface area contributed by atoms with Crippen LogP contribution < -0.4 is 15.5 Å². The van der Waals surface area contributed by atoms with Crippen LogP contribution in [-0.4, -0.2) is 101 Å². The number of urea groups is 1. The summed E-state index contributed by atoms with van der Waals surface area (Å²) in [6.45, 7) is 3.90. The summed E-state index contributed by atoms with van der Waals surface area (Å²) in [4.78, 5) is 45.9. The molecule has 11 nitrogen and oxygen atoms in total. The van der Waals surface area contributed by atoms with Crippen molar-refractivity contribution in [2.75, 3.05) is 57.0 Å². The van der Waals surface area contributed by atoms with E-state index in [1.807, 2.05) is 72.5 Å². The van der Waals surface area contributed by atoms with Crippen LogP contribution in [0.25, 0.3) is 10.9 Å². The number of alkyl halides is 3.